The van der Waals surface area contributed by atoms with Gasteiger partial charge in [-0.2, -0.15) is 0 Å². The van der Waals surface area contributed by atoms with E-state index in [-0.39, 0.29) is 17.7 Å². The van der Waals surface area contributed by atoms with Crippen LogP contribution >= 0.6 is 0 Å². The van der Waals surface area contributed by atoms with E-state index in [4.69, 9.17) is 0 Å². The van der Waals surface area contributed by atoms with Gasteiger partial charge in [-0.3, -0.25) is 9.20 Å². The molecule has 3 N–H and O–H groups in total. The van der Waals surface area contributed by atoms with E-state index in [2.05, 4.69) is 34.4 Å². The summed E-state index contributed by atoms with van der Waals surface area (Å²) in [5, 5.41) is 16.6. The van der Waals surface area contributed by atoms with E-state index >= 15 is 0 Å². The first-order valence-corrected chi connectivity index (χ1v) is 9.23. The van der Waals surface area contributed by atoms with Crippen LogP contribution in [0.5, 0.6) is 5.75 Å². The van der Waals surface area contributed by atoms with Gasteiger partial charge >= 0.3 is 0 Å². The molecular weight excluding hydrogens is 342 g/mol. The number of phenolic OH excluding ortho intramolecular Hbond substituents is 1. The summed E-state index contributed by atoms with van der Waals surface area (Å²) in [7, 11) is 0. The van der Waals surface area contributed by atoms with E-state index in [0.29, 0.717) is 11.5 Å². The SMILES string of the molecule is CC(C)CNc1nccn2c(-c3ccc(C(=O)NC4CC4)c(O)c3)cnc12. The zero-order valence-electron chi connectivity index (χ0n) is 15.4. The molecule has 4 rings (SSSR count). The molecule has 1 aliphatic carbocycles. The molecule has 0 aliphatic heterocycles. The highest BCUT2D eigenvalue weighted by atomic mass is 16.3. The Labute approximate surface area is 157 Å². The number of benzene rings is 1. The lowest BCUT2D eigenvalue weighted by Crippen LogP contribution is -2.25. The molecule has 3 aromatic rings. The van der Waals surface area contributed by atoms with E-state index in [1.807, 2.05) is 16.7 Å². The third-order valence-electron chi connectivity index (χ3n) is 4.56. The highest BCUT2D eigenvalue weighted by Gasteiger charge is 2.25. The lowest BCUT2D eigenvalue weighted by molar-refractivity contribution is 0.0948. The quantitative estimate of drug-likeness (QED) is 0.624. The molecule has 27 heavy (non-hydrogen) atoms. The van der Waals surface area contributed by atoms with Crippen LogP contribution in [0.2, 0.25) is 0 Å². The number of nitrogens with zero attached hydrogens (tertiary/aromatic N) is 3. The molecule has 2 heterocycles. The fourth-order valence-corrected chi connectivity index (χ4v) is 2.93. The van der Waals surface area contributed by atoms with Gasteiger partial charge in [0.25, 0.3) is 5.91 Å². The van der Waals surface area contributed by atoms with Crippen LogP contribution in [0.15, 0.2) is 36.8 Å². The second-order valence-corrected chi connectivity index (χ2v) is 7.37. The molecule has 0 spiro atoms. The summed E-state index contributed by atoms with van der Waals surface area (Å²) in [4.78, 5) is 21.1. The summed E-state index contributed by atoms with van der Waals surface area (Å²) < 4.78 is 1.92. The predicted molar refractivity (Wildman–Crippen MR) is 104 cm³/mol. The van der Waals surface area contributed by atoms with E-state index < -0.39 is 0 Å². The van der Waals surface area contributed by atoms with Gasteiger partial charge in [-0.1, -0.05) is 19.9 Å². The number of aromatic nitrogens is 3. The monoisotopic (exact) mass is 365 g/mol. The minimum absolute atomic E-state index is 0.0344. The number of aromatic hydroxyl groups is 1. The van der Waals surface area contributed by atoms with Crippen molar-refractivity contribution in [3.63, 3.8) is 0 Å². The molecule has 0 saturated heterocycles. The molecule has 0 bridgehead atoms. The second-order valence-electron chi connectivity index (χ2n) is 7.37. The number of fused-ring (bicyclic) bond motifs is 1. The summed E-state index contributed by atoms with van der Waals surface area (Å²) in [5.74, 6) is 0.951. The van der Waals surface area contributed by atoms with Gasteiger partial charge in [-0.25, -0.2) is 9.97 Å². The summed E-state index contributed by atoms with van der Waals surface area (Å²) in [6.45, 7) is 5.07. The van der Waals surface area contributed by atoms with Crippen molar-refractivity contribution in [1.82, 2.24) is 19.7 Å². The summed E-state index contributed by atoms with van der Waals surface area (Å²) >= 11 is 0. The predicted octanol–water partition coefficient (Wildman–Crippen LogP) is 3.06. The smallest absolute Gasteiger partial charge is 0.255 e. The van der Waals surface area contributed by atoms with E-state index in [9.17, 15) is 9.90 Å². The normalized spacial score (nSPS) is 13.9. The number of nitrogens with one attached hydrogen (secondary N) is 2. The van der Waals surface area contributed by atoms with Crippen LogP contribution in [-0.4, -0.2) is 38.0 Å². The first-order valence-electron chi connectivity index (χ1n) is 9.23. The fraction of sp³-hybridized carbons (Fsp3) is 0.350. The van der Waals surface area contributed by atoms with Crippen LogP contribution in [0, 0.1) is 5.92 Å². The molecule has 1 fully saturated rings. The second kappa shape index (κ2) is 6.90. The molecule has 2 aromatic heterocycles. The molecule has 1 aromatic carbocycles. The van der Waals surface area contributed by atoms with Crippen molar-refractivity contribution in [2.24, 2.45) is 5.92 Å². The third-order valence-corrected chi connectivity index (χ3v) is 4.56. The van der Waals surface area contributed by atoms with Crippen LogP contribution in [-0.2, 0) is 0 Å². The average Bonchev–Trinajstić information content (AvgIpc) is 3.34. The van der Waals surface area contributed by atoms with Gasteiger partial charge in [-0.15, -0.1) is 0 Å². The van der Waals surface area contributed by atoms with Gasteiger partial charge in [0.05, 0.1) is 17.5 Å². The molecule has 1 amide bonds. The van der Waals surface area contributed by atoms with Crippen molar-refractivity contribution in [2.45, 2.75) is 32.7 Å². The van der Waals surface area contributed by atoms with Crippen LogP contribution in [0.3, 0.4) is 0 Å². The average molecular weight is 365 g/mol. The number of hydrogen-bond acceptors (Lipinski definition) is 5. The Morgan fingerprint density at radius 3 is 2.85 bits per heavy atom. The van der Waals surface area contributed by atoms with Gasteiger partial charge in [0.1, 0.15) is 5.75 Å². The summed E-state index contributed by atoms with van der Waals surface area (Å²) in [6.07, 6.45) is 7.32. The standard InChI is InChI=1S/C20H23N5O2/c1-12(2)10-22-18-19-23-11-16(25(19)8-7-21-18)13-3-6-15(17(26)9-13)20(27)24-14-4-5-14/h3,6-9,11-12,14,26H,4-5,10H2,1-2H3,(H,21,22)(H,24,27). The Morgan fingerprint density at radius 2 is 2.15 bits per heavy atom. The van der Waals surface area contributed by atoms with Crippen molar-refractivity contribution >= 4 is 17.4 Å². The minimum Gasteiger partial charge on any atom is -0.507 e. The number of carbonyl (C=O) groups excluding carboxylic acids is 1. The number of anilines is 1. The third kappa shape index (κ3) is 3.58. The Balaban J connectivity index is 1.65. The van der Waals surface area contributed by atoms with Gasteiger partial charge in [-0.05, 0) is 30.9 Å². The molecule has 0 unspecified atom stereocenters. The fourth-order valence-electron chi connectivity index (χ4n) is 2.93. The van der Waals surface area contributed by atoms with Gasteiger partial charge in [0, 0.05) is 30.5 Å². The van der Waals surface area contributed by atoms with Crippen LogP contribution in [0.4, 0.5) is 5.82 Å². The molecular formula is C20H23N5O2. The lowest BCUT2D eigenvalue weighted by Gasteiger charge is -2.10. The Morgan fingerprint density at radius 1 is 1.33 bits per heavy atom. The minimum atomic E-state index is -0.232. The zero-order chi connectivity index (χ0) is 19.0. The van der Waals surface area contributed by atoms with Gasteiger partial charge in [0.2, 0.25) is 0 Å². The van der Waals surface area contributed by atoms with E-state index in [1.165, 1.54) is 0 Å². The Bertz CT molecular complexity index is 991. The zero-order valence-corrected chi connectivity index (χ0v) is 15.4. The van der Waals surface area contributed by atoms with Crippen LogP contribution in [0.25, 0.3) is 16.9 Å². The highest BCUT2D eigenvalue weighted by molar-refractivity contribution is 5.97. The van der Waals surface area contributed by atoms with Gasteiger partial charge < -0.3 is 15.7 Å². The number of carbonyl (C=O) groups is 1. The van der Waals surface area contributed by atoms with Crippen molar-refractivity contribution in [1.29, 1.82) is 0 Å². The van der Waals surface area contributed by atoms with Crippen LogP contribution in [0.1, 0.15) is 37.0 Å². The Hall–Kier alpha value is -3.09. The Kier molecular flexibility index (Phi) is 4.43. The molecule has 7 nitrogen and oxygen atoms in total. The van der Waals surface area contributed by atoms with E-state index in [0.717, 1.165) is 42.1 Å². The largest absolute Gasteiger partial charge is 0.507 e. The lowest BCUT2D eigenvalue weighted by atomic mass is 10.1. The molecule has 0 atom stereocenters. The number of amides is 1. The highest BCUT2D eigenvalue weighted by Crippen LogP contribution is 2.29. The van der Waals surface area contributed by atoms with Crippen molar-refractivity contribution in [3.05, 3.63) is 42.4 Å². The number of hydrogen-bond donors (Lipinski definition) is 3. The maximum atomic E-state index is 12.2. The number of phenols is 1. The number of imidazole rings is 1. The molecule has 1 aliphatic rings. The number of rotatable bonds is 6. The maximum Gasteiger partial charge on any atom is 0.255 e. The van der Waals surface area contributed by atoms with Crippen LogP contribution < -0.4 is 10.6 Å². The van der Waals surface area contributed by atoms with Crippen molar-refractivity contribution in [2.75, 3.05) is 11.9 Å². The van der Waals surface area contributed by atoms with E-state index in [1.54, 1.807) is 24.5 Å². The topological polar surface area (TPSA) is 91.6 Å². The first kappa shape index (κ1) is 17.3. The molecule has 140 valence electrons. The van der Waals surface area contributed by atoms with Crippen molar-refractivity contribution in [3.8, 4) is 17.0 Å². The molecule has 1 saturated carbocycles. The first-order chi connectivity index (χ1) is 13.0. The van der Waals surface area contributed by atoms with Crippen molar-refractivity contribution < 1.29 is 9.90 Å². The molecule has 7 heteroatoms. The summed E-state index contributed by atoms with van der Waals surface area (Å²) in [6, 6.07) is 5.33. The molecule has 0 radical (unpaired) electrons. The van der Waals surface area contributed by atoms with Gasteiger partial charge in [0.15, 0.2) is 11.5 Å². The maximum absolute atomic E-state index is 12.2. The summed E-state index contributed by atoms with van der Waals surface area (Å²) in [5.41, 5.74) is 2.62.